The van der Waals surface area contributed by atoms with Gasteiger partial charge in [0.2, 0.25) is 0 Å². The van der Waals surface area contributed by atoms with Gasteiger partial charge in [-0.05, 0) is 19.8 Å². The highest BCUT2D eigenvalue weighted by molar-refractivity contribution is 5.81. The van der Waals surface area contributed by atoms with Crippen LogP contribution in [-0.2, 0) is 0 Å². The molecule has 6 heteroatoms. The SMILES string of the molecule is CC(CCCO)Nc1ncnc2nc[nH]c12. The molecule has 0 amide bonds. The van der Waals surface area contributed by atoms with Gasteiger partial charge in [-0.1, -0.05) is 0 Å². The van der Waals surface area contributed by atoms with Crippen molar-refractivity contribution in [3.05, 3.63) is 12.7 Å². The van der Waals surface area contributed by atoms with Gasteiger partial charge in [-0.25, -0.2) is 15.0 Å². The van der Waals surface area contributed by atoms with Crippen molar-refractivity contribution >= 4 is 17.0 Å². The molecule has 86 valence electrons. The average molecular weight is 221 g/mol. The summed E-state index contributed by atoms with van der Waals surface area (Å²) >= 11 is 0. The molecule has 0 aromatic carbocycles. The van der Waals surface area contributed by atoms with Crippen LogP contribution in [-0.4, -0.2) is 37.7 Å². The summed E-state index contributed by atoms with van der Waals surface area (Å²) < 4.78 is 0. The molecule has 2 heterocycles. The number of nitrogens with zero attached hydrogens (tertiary/aromatic N) is 3. The molecule has 16 heavy (non-hydrogen) atoms. The van der Waals surface area contributed by atoms with Crippen LogP contribution in [0.2, 0.25) is 0 Å². The van der Waals surface area contributed by atoms with E-state index in [2.05, 4.69) is 32.2 Å². The van der Waals surface area contributed by atoms with Crippen molar-refractivity contribution in [2.24, 2.45) is 0 Å². The third kappa shape index (κ3) is 2.27. The van der Waals surface area contributed by atoms with E-state index in [9.17, 15) is 0 Å². The van der Waals surface area contributed by atoms with Crippen molar-refractivity contribution in [3.63, 3.8) is 0 Å². The Morgan fingerprint density at radius 1 is 1.44 bits per heavy atom. The molecule has 3 N–H and O–H groups in total. The Bertz CT molecular complexity index is 455. The Labute approximate surface area is 93.1 Å². The van der Waals surface area contributed by atoms with Crippen molar-refractivity contribution in [1.82, 2.24) is 19.9 Å². The zero-order valence-electron chi connectivity index (χ0n) is 9.14. The van der Waals surface area contributed by atoms with E-state index < -0.39 is 0 Å². The van der Waals surface area contributed by atoms with Crippen LogP contribution in [0.4, 0.5) is 5.82 Å². The molecule has 2 aromatic rings. The molecular formula is C10H15N5O. The summed E-state index contributed by atoms with van der Waals surface area (Å²) in [6, 6.07) is 0.258. The number of fused-ring (bicyclic) bond motifs is 1. The third-order valence-corrected chi connectivity index (χ3v) is 2.40. The second-order valence-electron chi connectivity index (χ2n) is 3.73. The van der Waals surface area contributed by atoms with Crippen LogP contribution in [0, 0.1) is 0 Å². The van der Waals surface area contributed by atoms with Crippen LogP contribution in [0.25, 0.3) is 11.2 Å². The number of aliphatic hydroxyl groups is 1. The smallest absolute Gasteiger partial charge is 0.182 e. The highest BCUT2D eigenvalue weighted by Gasteiger charge is 2.08. The topological polar surface area (TPSA) is 86.7 Å². The molecule has 0 radical (unpaired) electrons. The van der Waals surface area contributed by atoms with Crippen LogP contribution in [0.5, 0.6) is 0 Å². The maximum Gasteiger partial charge on any atom is 0.182 e. The number of nitrogens with one attached hydrogen (secondary N) is 2. The average Bonchev–Trinajstić information content (AvgIpc) is 2.75. The highest BCUT2D eigenvalue weighted by atomic mass is 16.2. The number of rotatable bonds is 5. The zero-order chi connectivity index (χ0) is 11.4. The van der Waals surface area contributed by atoms with Gasteiger partial charge in [0, 0.05) is 12.6 Å². The van der Waals surface area contributed by atoms with Gasteiger partial charge in [-0.15, -0.1) is 0 Å². The van der Waals surface area contributed by atoms with Crippen LogP contribution >= 0.6 is 0 Å². The maximum absolute atomic E-state index is 8.75. The first-order valence-electron chi connectivity index (χ1n) is 5.32. The van der Waals surface area contributed by atoms with E-state index in [-0.39, 0.29) is 12.6 Å². The first kappa shape index (κ1) is 10.8. The van der Waals surface area contributed by atoms with E-state index in [1.807, 2.05) is 0 Å². The van der Waals surface area contributed by atoms with Crippen LogP contribution in [0.3, 0.4) is 0 Å². The molecule has 0 spiro atoms. The number of H-pyrrole nitrogens is 1. The number of anilines is 1. The Hall–Kier alpha value is -1.69. The van der Waals surface area contributed by atoms with Crippen LogP contribution < -0.4 is 5.32 Å². The largest absolute Gasteiger partial charge is 0.396 e. The first-order chi connectivity index (χ1) is 7.81. The van der Waals surface area contributed by atoms with Crippen molar-refractivity contribution in [2.75, 3.05) is 11.9 Å². The summed E-state index contributed by atoms with van der Waals surface area (Å²) in [6.45, 7) is 2.27. The predicted molar refractivity (Wildman–Crippen MR) is 61.1 cm³/mol. The van der Waals surface area contributed by atoms with E-state index in [1.165, 1.54) is 6.33 Å². The lowest BCUT2D eigenvalue weighted by molar-refractivity contribution is 0.282. The standard InChI is InChI=1S/C10H15N5O/c1-7(3-2-4-16)15-10-8-9(12-5-11-8)13-6-14-10/h5-7,16H,2-4H2,1H3,(H2,11,12,13,14,15). The fourth-order valence-corrected chi connectivity index (χ4v) is 1.58. The van der Waals surface area contributed by atoms with Gasteiger partial charge in [0.15, 0.2) is 11.5 Å². The molecule has 0 aliphatic heterocycles. The Kier molecular flexibility index (Phi) is 3.31. The molecule has 0 aliphatic carbocycles. The summed E-state index contributed by atoms with van der Waals surface area (Å²) in [6.07, 6.45) is 4.77. The fraction of sp³-hybridized carbons (Fsp3) is 0.500. The minimum absolute atomic E-state index is 0.218. The molecule has 2 aromatic heterocycles. The molecule has 1 unspecified atom stereocenters. The van der Waals surface area contributed by atoms with E-state index in [0.717, 1.165) is 24.2 Å². The van der Waals surface area contributed by atoms with Gasteiger partial charge < -0.3 is 15.4 Å². The van der Waals surface area contributed by atoms with Gasteiger partial charge in [0.1, 0.15) is 11.8 Å². The molecule has 6 nitrogen and oxygen atoms in total. The molecule has 0 fully saturated rings. The van der Waals surface area contributed by atoms with Crippen molar-refractivity contribution in [3.8, 4) is 0 Å². The van der Waals surface area contributed by atoms with E-state index in [1.54, 1.807) is 6.33 Å². The lowest BCUT2D eigenvalue weighted by atomic mass is 10.2. The van der Waals surface area contributed by atoms with Gasteiger partial charge in [-0.2, -0.15) is 0 Å². The molecular weight excluding hydrogens is 206 g/mol. The monoisotopic (exact) mass is 221 g/mol. The number of hydrogen-bond donors (Lipinski definition) is 3. The molecule has 0 saturated carbocycles. The fourth-order valence-electron chi connectivity index (χ4n) is 1.58. The van der Waals surface area contributed by atoms with Crippen LogP contribution in [0.15, 0.2) is 12.7 Å². The second-order valence-corrected chi connectivity index (χ2v) is 3.73. The number of aliphatic hydroxyl groups excluding tert-OH is 1. The lowest BCUT2D eigenvalue weighted by Crippen LogP contribution is -2.16. The summed E-state index contributed by atoms with van der Waals surface area (Å²) in [5.74, 6) is 0.757. The van der Waals surface area contributed by atoms with Gasteiger partial charge in [-0.3, -0.25) is 0 Å². The molecule has 0 aliphatic rings. The quantitative estimate of drug-likeness (QED) is 0.699. The summed E-state index contributed by atoms with van der Waals surface area (Å²) in [7, 11) is 0. The Balaban J connectivity index is 2.11. The van der Waals surface area contributed by atoms with Gasteiger partial charge in [0.05, 0.1) is 6.33 Å². The molecule has 2 rings (SSSR count). The van der Waals surface area contributed by atoms with E-state index in [4.69, 9.17) is 5.11 Å². The lowest BCUT2D eigenvalue weighted by Gasteiger charge is -2.13. The van der Waals surface area contributed by atoms with Crippen LogP contribution in [0.1, 0.15) is 19.8 Å². The first-order valence-corrected chi connectivity index (χ1v) is 5.32. The Morgan fingerprint density at radius 3 is 3.12 bits per heavy atom. The Morgan fingerprint density at radius 2 is 2.31 bits per heavy atom. The number of aromatic nitrogens is 4. The minimum Gasteiger partial charge on any atom is -0.396 e. The number of hydrogen-bond acceptors (Lipinski definition) is 5. The summed E-state index contributed by atoms with van der Waals surface area (Å²) in [5.41, 5.74) is 1.48. The predicted octanol–water partition coefficient (Wildman–Crippen LogP) is 0.926. The molecule has 0 saturated heterocycles. The third-order valence-electron chi connectivity index (χ3n) is 2.40. The second kappa shape index (κ2) is 4.89. The summed E-state index contributed by atoms with van der Waals surface area (Å²) in [4.78, 5) is 15.3. The zero-order valence-corrected chi connectivity index (χ0v) is 9.14. The highest BCUT2D eigenvalue weighted by Crippen LogP contribution is 2.16. The molecule has 1 atom stereocenters. The van der Waals surface area contributed by atoms with E-state index >= 15 is 0 Å². The van der Waals surface area contributed by atoms with E-state index in [0.29, 0.717) is 5.65 Å². The van der Waals surface area contributed by atoms with Gasteiger partial charge >= 0.3 is 0 Å². The summed E-state index contributed by atoms with van der Waals surface area (Å²) in [5, 5.41) is 12.0. The number of aromatic amines is 1. The van der Waals surface area contributed by atoms with Crippen molar-refractivity contribution < 1.29 is 5.11 Å². The minimum atomic E-state index is 0.218. The normalized spacial score (nSPS) is 12.9. The molecule has 0 bridgehead atoms. The number of imidazole rings is 1. The maximum atomic E-state index is 8.75. The van der Waals surface area contributed by atoms with Gasteiger partial charge in [0.25, 0.3) is 0 Å². The van der Waals surface area contributed by atoms with Crippen molar-refractivity contribution in [1.29, 1.82) is 0 Å². The van der Waals surface area contributed by atoms with Crippen molar-refractivity contribution in [2.45, 2.75) is 25.8 Å².